The minimum absolute atomic E-state index is 0.000868. The monoisotopic (exact) mass is 322 g/mol. The molecule has 3 nitrogen and oxygen atoms in total. The molecule has 3 heteroatoms. The maximum atomic E-state index is 12.7. The predicted octanol–water partition coefficient (Wildman–Crippen LogP) is 3.60. The van der Waals surface area contributed by atoms with Gasteiger partial charge in [-0.1, -0.05) is 79.9 Å². The van der Waals surface area contributed by atoms with Crippen LogP contribution in [0.4, 0.5) is 0 Å². The van der Waals surface area contributed by atoms with E-state index >= 15 is 0 Å². The lowest BCUT2D eigenvalue weighted by Gasteiger charge is -2.32. The number of rotatable bonds is 5. The summed E-state index contributed by atoms with van der Waals surface area (Å²) in [4.78, 5) is 12.7. The van der Waals surface area contributed by atoms with Crippen LogP contribution in [0.25, 0.3) is 0 Å². The molecule has 126 valence electrons. The molecule has 0 spiro atoms. The van der Waals surface area contributed by atoms with Gasteiger partial charge in [0.1, 0.15) is 0 Å². The first-order valence-corrected chi connectivity index (χ1v) is 8.86. The summed E-state index contributed by atoms with van der Waals surface area (Å²) in [7, 11) is 0. The average molecular weight is 322 g/mol. The number of carbonyl (C=O) groups is 1. The van der Waals surface area contributed by atoms with Gasteiger partial charge in [-0.3, -0.25) is 4.79 Å². The Morgan fingerprint density at radius 1 is 0.917 bits per heavy atom. The summed E-state index contributed by atoms with van der Waals surface area (Å²) in [5, 5.41) is 3.13. The molecule has 3 rings (SSSR count). The van der Waals surface area contributed by atoms with Gasteiger partial charge in [-0.2, -0.15) is 0 Å². The fourth-order valence-electron chi connectivity index (χ4n) is 3.58. The van der Waals surface area contributed by atoms with Crippen molar-refractivity contribution in [1.29, 1.82) is 0 Å². The molecule has 0 aliphatic heterocycles. The first-order valence-electron chi connectivity index (χ1n) is 8.86. The molecule has 1 aliphatic carbocycles. The Kier molecular flexibility index (Phi) is 5.31. The normalized spacial score (nSPS) is 16.8. The molecule has 0 radical (unpaired) electrons. The van der Waals surface area contributed by atoms with Gasteiger partial charge in [-0.05, 0) is 24.0 Å². The molecule has 1 amide bonds. The van der Waals surface area contributed by atoms with E-state index in [0.717, 1.165) is 25.7 Å². The Morgan fingerprint density at radius 3 is 1.92 bits per heavy atom. The van der Waals surface area contributed by atoms with Crippen molar-refractivity contribution in [2.24, 2.45) is 5.73 Å². The molecule has 2 aromatic carbocycles. The fraction of sp³-hybridized carbons (Fsp3) is 0.381. The molecular weight excluding hydrogens is 296 g/mol. The summed E-state index contributed by atoms with van der Waals surface area (Å²) in [6.45, 7) is 0.575. The number of nitrogens with one attached hydrogen (secondary N) is 1. The van der Waals surface area contributed by atoms with E-state index in [0.29, 0.717) is 6.54 Å². The minimum atomic E-state index is -0.684. The molecule has 1 fully saturated rings. The van der Waals surface area contributed by atoms with Crippen LogP contribution in [0.15, 0.2) is 60.7 Å². The number of hydrogen-bond donors (Lipinski definition) is 2. The Bertz CT molecular complexity index is 609. The SMILES string of the molecule is NC1(C(=O)NCC(c2ccccc2)c2ccccc2)CCCCC1. The van der Waals surface area contributed by atoms with Crippen LogP contribution in [0.5, 0.6) is 0 Å². The van der Waals surface area contributed by atoms with Gasteiger partial charge in [0.2, 0.25) is 5.91 Å². The zero-order valence-corrected chi connectivity index (χ0v) is 14.1. The standard InChI is InChI=1S/C21H26N2O/c22-21(14-8-3-9-15-21)20(24)23-16-19(17-10-4-1-5-11-17)18-12-6-2-7-13-18/h1-2,4-7,10-13,19H,3,8-9,14-16,22H2,(H,23,24). The van der Waals surface area contributed by atoms with Gasteiger partial charge in [0.15, 0.2) is 0 Å². The molecule has 0 saturated heterocycles. The lowest BCUT2D eigenvalue weighted by molar-refractivity contribution is -0.127. The topological polar surface area (TPSA) is 55.1 Å². The van der Waals surface area contributed by atoms with E-state index in [9.17, 15) is 4.79 Å². The van der Waals surface area contributed by atoms with Crippen molar-refractivity contribution in [3.63, 3.8) is 0 Å². The van der Waals surface area contributed by atoms with Crippen molar-refractivity contribution in [1.82, 2.24) is 5.32 Å². The third kappa shape index (κ3) is 3.85. The molecule has 1 aliphatic rings. The minimum Gasteiger partial charge on any atom is -0.354 e. The molecule has 24 heavy (non-hydrogen) atoms. The first kappa shape index (κ1) is 16.7. The highest BCUT2D eigenvalue weighted by atomic mass is 16.2. The Balaban J connectivity index is 1.74. The second-order valence-electron chi connectivity index (χ2n) is 6.80. The van der Waals surface area contributed by atoms with Crippen LogP contribution in [0, 0.1) is 0 Å². The van der Waals surface area contributed by atoms with E-state index in [1.165, 1.54) is 17.5 Å². The van der Waals surface area contributed by atoms with Crippen molar-refractivity contribution < 1.29 is 4.79 Å². The highest BCUT2D eigenvalue weighted by Crippen LogP contribution is 2.27. The number of benzene rings is 2. The van der Waals surface area contributed by atoms with Gasteiger partial charge in [-0.25, -0.2) is 0 Å². The lowest BCUT2D eigenvalue weighted by atomic mass is 9.81. The maximum absolute atomic E-state index is 12.7. The molecular formula is C21H26N2O. The van der Waals surface area contributed by atoms with Gasteiger partial charge >= 0.3 is 0 Å². The molecule has 0 unspecified atom stereocenters. The third-order valence-electron chi connectivity index (χ3n) is 5.07. The molecule has 2 aromatic rings. The Hall–Kier alpha value is -2.13. The van der Waals surface area contributed by atoms with Gasteiger partial charge in [0, 0.05) is 12.5 Å². The molecule has 0 bridgehead atoms. The van der Waals surface area contributed by atoms with E-state index < -0.39 is 5.54 Å². The largest absolute Gasteiger partial charge is 0.354 e. The number of amides is 1. The van der Waals surface area contributed by atoms with E-state index in [1.54, 1.807) is 0 Å². The van der Waals surface area contributed by atoms with Crippen molar-refractivity contribution in [3.05, 3.63) is 71.8 Å². The lowest BCUT2D eigenvalue weighted by Crippen LogP contribution is -2.55. The van der Waals surface area contributed by atoms with Crippen molar-refractivity contribution in [2.75, 3.05) is 6.54 Å². The van der Waals surface area contributed by atoms with Crippen molar-refractivity contribution in [3.8, 4) is 0 Å². The molecule has 3 N–H and O–H groups in total. The fourth-order valence-corrected chi connectivity index (χ4v) is 3.58. The number of nitrogens with two attached hydrogens (primary N) is 1. The molecule has 0 aromatic heterocycles. The van der Waals surface area contributed by atoms with Gasteiger partial charge in [0.25, 0.3) is 0 Å². The quantitative estimate of drug-likeness (QED) is 0.884. The van der Waals surface area contributed by atoms with Crippen molar-refractivity contribution >= 4 is 5.91 Å². The summed E-state index contributed by atoms with van der Waals surface area (Å²) in [5.74, 6) is 0.141. The van der Waals surface area contributed by atoms with E-state index in [-0.39, 0.29) is 11.8 Å². The smallest absolute Gasteiger partial charge is 0.240 e. The third-order valence-corrected chi connectivity index (χ3v) is 5.07. The molecule has 0 atom stereocenters. The van der Waals surface area contributed by atoms with Crippen LogP contribution in [-0.4, -0.2) is 18.0 Å². The van der Waals surface area contributed by atoms with E-state index in [2.05, 4.69) is 29.6 Å². The summed E-state index contributed by atoms with van der Waals surface area (Å²) in [6, 6.07) is 20.6. The number of hydrogen-bond acceptors (Lipinski definition) is 2. The summed E-state index contributed by atoms with van der Waals surface area (Å²) < 4.78 is 0. The summed E-state index contributed by atoms with van der Waals surface area (Å²) >= 11 is 0. The van der Waals surface area contributed by atoms with Crippen molar-refractivity contribution in [2.45, 2.75) is 43.6 Å². The first-order chi connectivity index (χ1) is 11.7. The van der Waals surface area contributed by atoms with E-state index in [4.69, 9.17) is 5.73 Å². The van der Waals surface area contributed by atoms with Gasteiger partial charge in [-0.15, -0.1) is 0 Å². The summed E-state index contributed by atoms with van der Waals surface area (Å²) in [6.07, 6.45) is 4.86. The van der Waals surface area contributed by atoms with Crippen LogP contribution in [-0.2, 0) is 4.79 Å². The average Bonchev–Trinajstić information content (AvgIpc) is 2.64. The number of carbonyl (C=O) groups excluding carboxylic acids is 1. The zero-order chi connectivity index (χ0) is 16.8. The van der Waals surface area contributed by atoms with Gasteiger partial charge < -0.3 is 11.1 Å². The van der Waals surface area contributed by atoms with Crippen LogP contribution < -0.4 is 11.1 Å². The molecule has 1 saturated carbocycles. The maximum Gasteiger partial charge on any atom is 0.240 e. The second-order valence-corrected chi connectivity index (χ2v) is 6.80. The molecule has 0 heterocycles. The Labute approximate surface area is 144 Å². The second kappa shape index (κ2) is 7.63. The van der Waals surface area contributed by atoms with E-state index in [1.807, 2.05) is 36.4 Å². The van der Waals surface area contributed by atoms with Crippen LogP contribution in [0.1, 0.15) is 49.1 Å². The van der Waals surface area contributed by atoms with Gasteiger partial charge in [0.05, 0.1) is 5.54 Å². The predicted molar refractivity (Wildman–Crippen MR) is 97.7 cm³/mol. The van der Waals surface area contributed by atoms with Crippen LogP contribution in [0.2, 0.25) is 0 Å². The van der Waals surface area contributed by atoms with Crippen LogP contribution >= 0.6 is 0 Å². The summed E-state index contributed by atoms with van der Waals surface area (Å²) in [5.41, 5.74) is 8.08. The highest BCUT2D eigenvalue weighted by molar-refractivity contribution is 5.86. The zero-order valence-electron chi connectivity index (χ0n) is 14.1. The Morgan fingerprint density at radius 2 is 1.42 bits per heavy atom. The highest BCUT2D eigenvalue weighted by Gasteiger charge is 2.35. The van der Waals surface area contributed by atoms with Crippen LogP contribution in [0.3, 0.4) is 0 Å².